The third-order valence-corrected chi connectivity index (χ3v) is 6.51. The Balaban J connectivity index is 1.97. The molecule has 2 aromatic carbocycles. The van der Waals surface area contributed by atoms with Gasteiger partial charge in [-0.05, 0) is 36.3 Å². The molecule has 0 saturated carbocycles. The Labute approximate surface area is 203 Å². The van der Waals surface area contributed by atoms with Gasteiger partial charge in [-0.25, -0.2) is 9.79 Å². The summed E-state index contributed by atoms with van der Waals surface area (Å²) in [5, 5.41) is 11.1. The average molecular weight is 496 g/mol. The first-order valence-corrected chi connectivity index (χ1v) is 11.2. The molecule has 0 unspecified atom stereocenters. The third-order valence-electron chi connectivity index (χ3n) is 5.53. The van der Waals surface area contributed by atoms with Crippen molar-refractivity contribution in [1.82, 2.24) is 4.57 Å². The number of aromatic nitrogens is 1. The number of fused-ring (bicyclic) bond motifs is 1. The molecule has 0 bridgehead atoms. The van der Waals surface area contributed by atoms with Crippen molar-refractivity contribution in [3.8, 4) is 11.5 Å². The average Bonchev–Trinajstić information content (AvgIpc) is 3.16. The maximum atomic E-state index is 13.6. The first-order valence-electron chi connectivity index (χ1n) is 10.4. The lowest BCUT2D eigenvalue weighted by Gasteiger charge is -2.25. The number of allylic oxidation sites excluding steroid dienone is 1. The van der Waals surface area contributed by atoms with E-state index in [1.807, 2.05) is 0 Å². The number of carbonyl (C=O) groups excluding carboxylic acids is 1. The van der Waals surface area contributed by atoms with Gasteiger partial charge >= 0.3 is 5.97 Å². The van der Waals surface area contributed by atoms with Crippen LogP contribution in [0.15, 0.2) is 63.5 Å². The Morgan fingerprint density at radius 1 is 1.14 bits per heavy atom. The van der Waals surface area contributed by atoms with Gasteiger partial charge in [0.15, 0.2) is 16.3 Å². The number of hydrogen-bond acceptors (Lipinski definition) is 9. The van der Waals surface area contributed by atoms with Gasteiger partial charge in [0.2, 0.25) is 0 Å². The van der Waals surface area contributed by atoms with Crippen LogP contribution in [0.2, 0.25) is 0 Å². The molecule has 35 heavy (non-hydrogen) atoms. The smallest absolute Gasteiger partial charge is 0.338 e. The highest BCUT2D eigenvalue weighted by atomic mass is 32.1. The summed E-state index contributed by atoms with van der Waals surface area (Å²) < 4.78 is 17.5. The van der Waals surface area contributed by atoms with Crippen LogP contribution in [0.1, 0.15) is 24.1 Å². The van der Waals surface area contributed by atoms with Gasteiger partial charge in [0, 0.05) is 12.1 Å². The number of nitro benzene ring substituents is 1. The van der Waals surface area contributed by atoms with Crippen molar-refractivity contribution in [2.75, 3.05) is 21.3 Å². The molecular formula is C24H21N3O7S. The Bertz CT molecular complexity index is 1550. The van der Waals surface area contributed by atoms with Crippen molar-refractivity contribution in [1.29, 1.82) is 0 Å². The van der Waals surface area contributed by atoms with E-state index >= 15 is 0 Å². The largest absolute Gasteiger partial charge is 0.493 e. The minimum absolute atomic E-state index is 0.0847. The molecule has 4 rings (SSSR count). The first kappa shape index (κ1) is 23.9. The van der Waals surface area contributed by atoms with Crippen LogP contribution in [-0.2, 0) is 9.53 Å². The number of esters is 1. The van der Waals surface area contributed by atoms with Gasteiger partial charge in [-0.2, -0.15) is 0 Å². The molecular weight excluding hydrogens is 474 g/mol. The van der Waals surface area contributed by atoms with Crippen LogP contribution in [-0.4, -0.2) is 36.8 Å². The van der Waals surface area contributed by atoms with E-state index in [0.29, 0.717) is 37.7 Å². The minimum atomic E-state index is -0.828. The molecule has 180 valence electrons. The van der Waals surface area contributed by atoms with Crippen LogP contribution in [0.3, 0.4) is 0 Å². The van der Waals surface area contributed by atoms with Crippen molar-refractivity contribution in [3.63, 3.8) is 0 Å². The van der Waals surface area contributed by atoms with E-state index in [4.69, 9.17) is 14.2 Å². The fourth-order valence-electron chi connectivity index (χ4n) is 3.91. The van der Waals surface area contributed by atoms with Gasteiger partial charge in [-0.15, -0.1) is 0 Å². The lowest BCUT2D eigenvalue weighted by Crippen LogP contribution is -2.39. The minimum Gasteiger partial charge on any atom is -0.493 e. The van der Waals surface area contributed by atoms with Gasteiger partial charge in [0.25, 0.3) is 11.2 Å². The quantitative estimate of drug-likeness (QED) is 0.292. The van der Waals surface area contributed by atoms with Gasteiger partial charge in [-0.1, -0.05) is 29.5 Å². The molecule has 1 atom stereocenters. The number of nitro groups is 1. The van der Waals surface area contributed by atoms with Gasteiger partial charge in [0.05, 0.1) is 48.1 Å². The summed E-state index contributed by atoms with van der Waals surface area (Å²) in [7, 11) is 4.27. The lowest BCUT2D eigenvalue weighted by atomic mass is 9.95. The number of nitrogens with zero attached hydrogens (tertiary/aromatic N) is 3. The Kier molecular flexibility index (Phi) is 6.52. The summed E-state index contributed by atoms with van der Waals surface area (Å²) in [5.74, 6) is 0.316. The predicted molar refractivity (Wildman–Crippen MR) is 128 cm³/mol. The SMILES string of the molecule is COC(=O)C1=C(C)N=c2s/c(=C\c3cccc([N+](=O)[O-])c3)c(=O)n2[C@@H]1c1ccc(OC)c(OC)c1. The zero-order chi connectivity index (χ0) is 25.3. The topological polar surface area (TPSA) is 122 Å². The number of hydrogen-bond donors (Lipinski definition) is 0. The molecule has 0 aliphatic carbocycles. The van der Waals surface area contributed by atoms with E-state index in [0.717, 1.165) is 11.3 Å². The van der Waals surface area contributed by atoms with E-state index in [-0.39, 0.29) is 11.3 Å². The van der Waals surface area contributed by atoms with Crippen LogP contribution >= 0.6 is 11.3 Å². The van der Waals surface area contributed by atoms with Gasteiger partial charge < -0.3 is 14.2 Å². The van der Waals surface area contributed by atoms with Crippen molar-refractivity contribution >= 4 is 29.1 Å². The number of rotatable bonds is 6. The molecule has 3 aromatic rings. The van der Waals surface area contributed by atoms with Crippen molar-refractivity contribution in [2.24, 2.45) is 4.99 Å². The summed E-state index contributed by atoms with van der Waals surface area (Å²) in [6.45, 7) is 1.68. The van der Waals surface area contributed by atoms with Crippen LogP contribution in [0.25, 0.3) is 6.08 Å². The summed E-state index contributed by atoms with van der Waals surface area (Å²) in [6.07, 6.45) is 1.57. The zero-order valence-electron chi connectivity index (χ0n) is 19.3. The number of ether oxygens (including phenoxy) is 3. The maximum absolute atomic E-state index is 13.6. The highest BCUT2D eigenvalue weighted by molar-refractivity contribution is 7.07. The van der Waals surface area contributed by atoms with Crippen LogP contribution in [0.5, 0.6) is 11.5 Å². The molecule has 11 heteroatoms. The molecule has 0 saturated heterocycles. The number of methoxy groups -OCH3 is 3. The van der Waals surface area contributed by atoms with E-state index in [9.17, 15) is 19.7 Å². The number of carbonyl (C=O) groups is 1. The van der Waals surface area contributed by atoms with E-state index in [1.165, 1.54) is 38.0 Å². The first-order chi connectivity index (χ1) is 16.8. The predicted octanol–water partition coefficient (Wildman–Crippen LogP) is 2.33. The summed E-state index contributed by atoms with van der Waals surface area (Å²) >= 11 is 1.13. The number of non-ortho nitro benzene ring substituents is 1. The van der Waals surface area contributed by atoms with Gasteiger partial charge in [0.1, 0.15) is 0 Å². The van der Waals surface area contributed by atoms with Crippen molar-refractivity contribution in [2.45, 2.75) is 13.0 Å². The normalized spacial score (nSPS) is 15.3. The standard InChI is InChI=1S/C24H21N3O7S/c1-13-20(23(29)34-4)21(15-8-9-17(32-2)18(12-15)33-3)26-22(28)19(35-24(26)25-13)11-14-6-5-7-16(10-14)27(30)31/h5-12,21H,1-4H3/b19-11-/t21-/m1/s1. The number of thiazole rings is 1. The molecule has 2 heterocycles. The van der Waals surface area contributed by atoms with E-state index in [2.05, 4.69) is 4.99 Å². The number of benzene rings is 2. The summed E-state index contributed by atoms with van der Waals surface area (Å²) in [4.78, 5) is 41.9. The Morgan fingerprint density at radius 3 is 2.54 bits per heavy atom. The van der Waals surface area contributed by atoms with Crippen molar-refractivity contribution in [3.05, 3.63) is 94.7 Å². The molecule has 0 radical (unpaired) electrons. The second-order valence-electron chi connectivity index (χ2n) is 7.54. The highest BCUT2D eigenvalue weighted by Crippen LogP contribution is 2.35. The zero-order valence-corrected chi connectivity index (χ0v) is 20.1. The molecule has 0 fully saturated rings. The van der Waals surface area contributed by atoms with Crippen molar-refractivity contribution < 1.29 is 23.9 Å². The highest BCUT2D eigenvalue weighted by Gasteiger charge is 2.33. The molecule has 1 aliphatic heterocycles. The molecule has 0 amide bonds. The monoisotopic (exact) mass is 495 g/mol. The lowest BCUT2D eigenvalue weighted by molar-refractivity contribution is -0.384. The summed E-state index contributed by atoms with van der Waals surface area (Å²) in [6, 6.07) is 10.3. The Hall–Kier alpha value is -4.25. The van der Waals surface area contributed by atoms with Crippen LogP contribution < -0.4 is 24.4 Å². The van der Waals surface area contributed by atoms with E-state index < -0.39 is 22.5 Å². The molecule has 10 nitrogen and oxygen atoms in total. The second kappa shape index (κ2) is 9.55. The second-order valence-corrected chi connectivity index (χ2v) is 8.55. The molecule has 0 spiro atoms. The van der Waals surface area contributed by atoms with Gasteiger partial charge in [-0.3, -0.25) is 19.5 Å². The molecule has 1 aliphatic rings. The van der Waals surface area contributed by atoms with E-state index in [1.54, 1.807) is 43.3 Å². The molecule has 0 N–H and O–H groups in total. The van der Waals surface area contributed by atoms with Crippen LogP contribution in [0.4, 0.5) is 5.69 Å². The molecule has 1 aromatic heterocycles. The summed E-state index contributed by atoms with van der Waals surface area (Å²) in [5.41, 5.74) is 1.25. The maximum Gasteiger partial charge on any atom is 0.338 e. The fourth-order valence-corrected chi connectivity index (χ4v) is 4.96. The fraction of sp³-hybridized carbons (Fsp3) is 0.208. The van der Waals surface area contributed by atoms with Crippen LogP contribution in [0, 0.1) is 10.1 Å². The Morgan fingerprint density at radius 2 is 1.89 bits per heavy atom. The third kappa shape index (κ3) is 4.33.